The average Bonchev–Trinajstić information content (AvgIpc) is 2.94. The molecule has 0 saturated carbocycles. The lowest BCUT2D eigenvalue weighted by molar-refractivity contribution is -0.134. The maximum atomic E-state index is 12.4. The van der Waals surface area contributed by atoms with Crippen LogP contribution in [-0.4, -0.2) is 37.1 Å². The van der Waals surface area contributed by atoms with Crippen LogP contribution in [0.15, 0.2) is 24.3 Å². The molecule has 1 heterocycles. The minimum atomic E-state index is -0.179. The van der Waals surface area contributed by atoms with Gasteiger partial charge in [-0.15, -0.1) is 0 Å². The van der Waals surface area contributed by atoms with Crippen LogP contribution < -0.4 is 5.73 Å². The van der Waals surface area contributed by atoms with Gasteiger partial charge in [-0.3, -0.25) is 4.79 Å². The van der Waals surface area contributed by atoms with E-state index in [1.54, 1.807) is 7.11 Å². The average molecular weight is 276 g/mol. The van der Waals surface area contributed by atoms with Crippen molar-refractivity contribution < 1.29 is 9.53 Å². The van der Waals surface area contributed by atoms with Crippen molar-refractivity contribution in [1.29, 1.82) is 0 Å². The van der Waals surface area contributed by atoms with Crippen molar-refractivity contribution in [2.45, 2.75) is 38.3 Å². The minimum absolute atomic E-state index is 0.145. The van der Waals surface area contributed by atoms with Gasteiger partial charge in [-0.2, -0.15) is 0 Å². The Morgan fingerprint density at radius 1 is 1.55 bits per heavy atom. The summed E-state index contributed by atoms with van der Waals surface area (Å²) in [6.45, 7) is 3.30. The van der Waals surface area contributed by atoms with Crippen LogP contribution in [0.3, 0.4) is 0 Å². The van der Waals surface area contributed by atoms with E-state index in [0.29, 0.717) is 13.0 Å². The molecule has 0 radical (unpaired) electrons. The molecule has 110 valence electrons. The van der Waals surface area contributed by atoms with Gasteiger partial charge in [-0.1, -0.05) is 29.8 Å². The number of carbonyl (C=O) groups excluding carboxylic acids is 1. The SMILES string of the molecule is COC(CN)CC(=O)N1CCCC1c1cccc(C)c1. The van der Waals surface area contributed by atoms with Gasteiger partial charge in [0, 0.05) is 20.2 Å². The third-order valence-electron chi connectivity index (χ3n) is 4.00. The quantitative estimate of drug-likeness (QED) is 0.895. The number of hydrogen-bond donors (Lipinski definition) is 1. The molecule has 1 amide bonds. The van der Waals surface area contributed by atoms with Gasteiger partial charge in [0.1, 0.15) is 0 Å². The molecular formula is C16H24N2O2. The summed E-state index contributed by atoms with van der Waals surface area (Å²) in [5, 5.41) is 0. The summed E-state index contributed by atoms with van der Waals surface area (Å²) in [4.78, 5) is 14.4. The van der Waals surface area contributed by atoms with Crippen molar-refractivity contribution in [1.82, 2.24) is 4.90 Å². The van der Waals surface area contributed by atoms with Gasteiger partial charge in [-0.25, -0.2) is 0 Å². The lowest BCUT2D eigenvalue weighted by atomic mass is 10.0. The topological polar surface area (TPSA) is 55.6 Å². The summed E-state index contributed by atoms with van der Waals surface area (Å²) >= 11 is 0. The van der Waals surface area contributed by atoms with E-state index >= 15 is 0 Å². The van der Waals surface area contributed by atoms with Crippen LogP contribution in [0.25, 0.3) is 0 Å². The van der Waals surface area contributed by atoms with Crippen molar-refractivity contribution >= 4 is 5.91 Å². The van der Waals surface area contributed by atoms with Crippen LogP contribution in [0, 0.1) is 6.92 Å². The Balaban J connectivity index is 2.09. The van der Waals surface area contributed by atoms with Gasteiger partial charge in [0.25, 0.3) is 0 Å². The lowest BCUT2D eigenvalue weighted by Crippen LogP contribution is -2.35. The van der Waals surface area contributed by atoms with Gasteiger partial charge in [0.05, 0.1) is 18.6 Å². The number of benzene rings is 1. The highest BCUT2D eigenvalue weighted by Crippen LogP contribution is 2.32. The first kappa shape index (κ1) is 15.0. The van der Waals surface area contributed by atoms with Crippen molar-refractivity contribution in [2.24, 2.45) is 5.73 Å². The molecule has 0 spiro atoms. The van der Waals surface area contributed by atoms with E-state index < -0.39 is 0 Å². The molecule has 4 nitrogen and oxygen atoms in total. The maximum Gasteiger partial charge on any atom is 0.225 e. The summed E-state index contributed by atoms with van der Waals surface area (Å²) < 4.78 is 5.22. The van der Waals surface area contributed by atoms with E-state index in [1.807, 2.05) is 4.90 Å². The van der Waals surface area contributed by atoms with E-state index in [2.05, 4.69) is 31.2 Å². The number of nitrogens with zero attached hydrogens (tertiary/aromatic N) is 1. The molecule has 0 aliphatic carbocycles. The second-order valence-electron chi connectivity index (χ2n) is 5.46. The Morgan fingerprint density at radius 2 is 2.35 bits per heavy atom. The zero-order valence-corrected chi connectivity index (χ0v) is 12.3. The van der Waals surface area contributed by atoms with Gasteiger partial charge < -0.3 is 15.4 Å². The Kier molecular flexibility index (Phi) is 5.15. The monoisotopic (exact) mass is 276 g/mol. The fourth-order valence-corrected chi connectivity index (χ4v) is 2.86. The fourth-order valence-electron chi connectivity index (χ4n) is 2.86. The minimum Gasteiger partial charge on any atom is -0.380 e. The van der Waals surface area contributed by atoms with Crippen LogP contribution in [0.2, 0.25) is 0 Å². The molecule has 1 aromatic carbocycles. The van der Waals surface area contributed by atoms with E-state index in [-0.39, 0.29) is 18.1 Å². The van der Waals surface area contributed by atoms with Gasteiger partial charge >= 0.3 is 0 Å². The number of rotatable bonds is 5. The molecule has 1 aliphatic heterocycles. The largest absolute Gasteiger partial charge is 0.380 e. The molecule has 2 rings (SSSR count). The molecule has 20 heavy (non-hydrogen) atoms. The highest BCUT2D eigenvalue weighted by Gasteiger charge is 2.30. The molecule has 1 fully saturated rings. The second-order valence-corrected chi connectivity index (χ2v) is 5.46. The number of aryl methyl sites for hydroxylation is 1. The van der Waals surface area contributed by atoms with Crippen molar-refractivity contribution in [3.8, 4) is 0 Å². The van der Waals surface area contributed by atoms with Crippen LogP contribution in [0.1, 0.15) is 36.4 Å². The van der Waals surface area contributed by atoms with E-state index in [1.165, 1.54) is 11.1 Å². The highest BCUT2D eigenvalue weighted by atomic mass is 16.5. The Labute approximate surface area is 120 Å². The predicted molar refractivity (Wildman–Crippen MR) is 79.3 cm³/mol. The summed E-state index contributed by atoms with van der Waals surface area (Å²) in [7, 11) is 1.60. The van der Waals surface area contributed by atoms with E-state index in [0.717, 1.165) is 19.4 Å². The number of amides is 1. The van der Waals surface area contributed by atoms with Crippen LogP contribution in [0.4, 0.5) is 0 Å². The fraction of sp³-hybridized carbons (Fsp3) is 0.562. The number of ether oxygens (including phenoxy) is 1. The van der Waals surface area contributed by atoms with Crippen molar-refractivity contribution in [3.05, 3.63) is 35.4 Å². The third kappa shape index (κ3) is 3.38. The maximum absolute atomic E-state index is 12.4. The Bertz CT molecular complexity index is 458. The molecule has 0 aromatic heterocycles. The zero-order valence-electron chi connectivity index (χ0n) is 12.3. The van der Waals surface area contributed by atoms with Crippen molar-refractivity contribution in [3.63, 3.8) is 0 Å². The number of nitrogens with two attached hydrogens (primary N) is 1. The summed E-state index contributed by atoms with van der Waals surface area (Å²) in [6, 6.07) is 8.63. The van der Waals surface area contributed by atoms with E-state index in [9.17, 15) is 4.79 Å². The second kappa shape index (κ2) is 6.86. The van der Waals surface area contributed by atoms with Crippen LogP contribution in [-0.2, 0) is 9.53 Å². The molecular weight excluding hydrogens is 252 g/mol. The number of carbonyl (C=O) groups is 1. The third-order valence-corrected chi connectivity index (χ3v) is 4.00. The predicted octanol–water partition coefficient (Wildman–Crippen LogP) is 2.02. The molecule has 1 aliphatic rings. The number of hydrogen-bond acceptors (Lipinski definition) is 3. The first-order valence-electron chi connectivity index (χ1n) is 7.24. The smallest absolute Gasteiger partial charge is 0.225 e. The molecule has 2 N–H and O–H groups in total. The van der Waals surface area contributed by atoms with E-state index in [4.69, 9.17) is 10.5 Å². The first-order valence-corrected chi connectivity index (χ1v) is 7.24. The molecule has 2 atom stereocenters. The van der Waals surface area contributed by atoms with Crippen molar-refractivity contribution in [2.75, 3.05) is 20.2 Å². The van der Waals surface area contributed by atoms with Gasteiger partial charge in [0.15, 0.2) is 0 Å². The molecule has 4 heteroatoms. The summed E-state index contributed by atoms with van der Waals surface area (Å²) in [5.74, 6) is 0.145. The molecule has 1 saturated heterocycles. The standard InChI is InChI=1S/C16H24N2O2/c1-12-5-3-6-13(9-12)15-7-4-8-18(15)16(19)10-14(11-17)20-2/h3,5-6,9,14-15H,4,7-8,10-11,17H2,1-2H3. The van der Waals surface area contributed by atoms with Gasteiger partial charge in [0.2, 0.25) is 5.91 Å². The highest BCUT2D eigenvalue weighted by molar-refractivity contribution is 5.77. The Hall–Kier alpha value is -1.39. The van der Waals surface area contributed by atoms with Gasteiger partial charge in [-0.05, 0) is 25.3 Å². The van der Waals surface area contributed by atoms with Crippen LogP contribution >= 0.6 is 0 Å². The number of likely N-dealkylation sites (tertiary alicyclic amines) is 1. The normalized spacial score (nSPS) is 20.1. The lowest BCUT2D eigenvalue weighted by Gasteiger charge is -2.27. The molecule has 1 aromatic rings. The zero-order chi connectivity index (χ0) is 14.5. The number of methoxy groups -OCH3 is 1. The molecule has 0 bridgehead atoms. The molecule has 2 unspecified atom stereocenters. The first-order chi connectivity index (χ1) is 9.65. The summed E-state index contributed by atoms with van der Waals surface area (Å²) in [5.41, 5.74) is 8.07. The Morgan fingerprint density at radius 3 is 3.00 bits per heavy atom. The summed E-state index contributed by atoms with van der Waals surface area (Å²) in [6.07, 6.45) is 2.29. The van der Waals surface area contributed by atoms with Crippen LogP contribution in [0.5, 0.6) is 0 Å².